The lowest BCUT2D eigenvalue weighted by molar-refractivity contribution is -0.660. The standard InChI is InChI=1S/C16H14N3S/c1-11-6-7-12-16(19-14(17-12)8-10-20-19)15(11)13-5-3-4-9-18(13)2/h3-10H,1-2H3/q+1. The molecule has 4 rings (SSSR count). The molecule has 0 unspecified atom stereocenters. The van der Waals surface area contributed by atoms with Crippen LogP contribution in [0.4, 0.5) is 0 Å². The Kier molecular flexibility index (Phi) is 2.41. The minimum atomic E-state index is 1.02. The molecule has 0 N–H and O–H groups in total. The molecule has 0 aliphatic carbocycles. The van der Waals surface area contributed by atoms with Crippen molar-refractivity contribution in [3.63, 3.8) is 0 Å². The van der Waals surface area contributed by atoms with Crippen LogP contribution in [0.25, 0.3) is 27.9 Å². The van der Waals surface area contributed by atoms with E-state index in [1.54, 1.807) is 11.5 Å². The average molecular weight is 280 g/mol. The Morgan fingerprint density at radius 2 is 2.05 bits per heavy atom. The van der Waals surface area contributed by atoms with E-state index >= 15 is 0 Å². The van der Waals surface area contributed by atoms with Gasteiger partial charge in [0.05, 0.1) is 16.6 Å². The maximum Gasteiger partial charge on any atom is 0.214 e. The zero-order valence-corrected chi connectivity index (χ0v) is 12.2. The molecule has 0 bridgehead atoms. The quantitative estimate of drug-likeness (QED) is 0.490. The fourth-order valence-electron chi connectivity index (χ4n) is 2.73. The molecule has 0 atom stereocenters. The normalized spacial score (nSPS) is 11.5. The van der Waals surface area contributed by atoms with Crippen LogP contribution in [0.15, 0.2) is 48.0 Å². The summed E-state index contributed by atoms with van der Waals surface area (Å²) in [5.41, 5.74) is 7.04. The van der Waals surface area contributed by atoms with E-state index in [1.165, 1.54) is 22.3 Å². The molecule has 0 spiro atoms. The highest BCUT2D eigenvalue weighted by Crippen LogP contribution is 2.31. The number of benzene rings is 1. The van der Waals surface area contributed by atoms with Gasteiger partial charge in [0.1, 0.15) is 12.7 Å². The van der Waals surface area contributed by atoms with E-state index in [-0.39, 0.29) is 0 Å². The molecule has 0 radical (unpaired) electrons. The van der Waals surface area contributed by atoms with E-state index < -0.39 is 0 Å². The first-order valence-electron chi connectivity index (χ1n) is 6.56. The highest BCUT2D eigenvalue weighted by Gasteiger charge is 2.19. The van der Waals surface area contributed by atoms with Crippen molar-refractivity contribution >= 4 is 28.2 Å². The maximum absolute atomic E-state index is 4.70. The molecule has 4 aromatic rings. The van der Waals surface area contributed by atoms with Gasteiger partial charge in [0.15, 0.2) is 6.20 Å². The molecule has 0 saturated heterocycles. The summed E-state index contributed by atoms with van der Waals surface area (Å²) in [6.45, 7) is 2.16. The van der Waals surface area contributed by atoms with E-state index in [2.05, 4.69) is 70.3 Å². The van der Waals surface area contributed by atoms with Crippen LogP contribution in [0.3, 0.4) is 0 Å². The number of imidazole rings is 1. The summed E-state index contributed by atoms with van der Waals surface area (Å²) in [6.07, 6.45) is 2.08. The minimum absolute atomic E-state index is 1.02. The molecular formula is C16H14N3S+. The third-order valence-electron chi connectivity index (χ3n) is 3.71. The molecule has 20 heavy (non-hydrogen) atoms. The Morgan fingerprint density at radius 1 is 1.15 bits per heavy atom. The zero-order chi connectivity index (χ0) is 13.7. The number of rotatable bonds is 1. The summed E-state index contributed by atoms with van der Waals surface area (Å²) in [6, 6.07) is 12.6. The smallest absolute Gasteiger partial charge is 0.214 e. The predicted octanol–water partition coefficient (Wildman–Crippen LogP) is 3.35. The van der Waals surface area contributed by atoms with Crippen LogP contribution < -0.4 is 4.57 Å². The number of aryl methyl sites for hydroxylation is 2. The van der Waals surface area contributed by atoms with Crippen molar-refractivity contribution in [2.45, 2.75) is 6.92 Å². The van der Waals surface area contributed by atoms with Crippen molar-refractivity contribution in [1.82, 2.24) is 8.77 Å². The fourth-order valence-corrected chi connectivity index (χ4v) is 3.53. The van der Waals surface area contributed by atoms with Crippen LogP contribution in [0.1, 0.15) is 5.56 Å². The number of hydrogen-bond acceptors (Lipinski definition) is 2. The van der Waals surface area contributed by atoms with E-state index in [9.17, 15) is 0 Å². The second-order valence-corrected chi connectivity index (χ2v) is 5.84. The van der Waals surface area contributed by atoms with E-state index in [4.69, 9.17) is 4.98 Å². The zero-order valence-electron chi connectivity index (χ0n) is 11.4. The number of hydrogen-bond donors (Lipinski definition) is 0. The second kappa shape index (κ2) is 4.15. The van der Waals surface area contributed by atoms with Crippen molar-refractivity contribution in [3.05, 3.63) is 53.5 Å². The number of fused-ring (bicyclic) bond motifs is 3. The van der Waals surface area contributed by atoms with Crippen molar-refractivity contribution < 1.29 is 4.57 Å². The number of aromatic nitrogens is 3. The Bertz CT molecular complexity index is 933. The van der Waals surface area contributed by atoms with Gasteiger partial charge in [-0.05, 0) is 30.7 Å². The van der Waals surface area contributed by atoms with Gasteiger partial charge in [0.2, 0.25) is 5.69 Å². The van der Waals surface area contributed by atoms with Gasteiger partial charge in [0, 0.05) is 17.5 Å². The third-order valence-corrected chi connectivity index (χ3v) is 4.54. The van der Waals surface area contributed by atoms with E-state index in [0.717, 1.165) is 11.2 Å². The summed E-state index contributed by atoms with van der Waals surface area (Å²) in [4.78, 5) is 4.70. The summed E-state index contributed by atoms with van der Waals surface area (Å²) < 4.78 is 4.37. The lowest BCUT2D eigenvalue weighted by Gasteiger charge is -2.06. The van der Waals surface area contributed by atoms with Crippen LogP contribution in [0, 0.1) is 6.92 Å². The molecule has 3 heterocycles. The van der Waals surface area contributed by atoms with Gasteiger partial charge in [-0.2, -0.15) is 0 Å². The van der Waals surface area contributed by atoms with E-state index in [0.29, 0.717) is 0 Å². The number of nitrogens with zero attached hydrogens (tertiary/aromatic N) is 3. The first-order chi connectivity index (χ1) is 9.75. The van der Waals surface area contributed by atoms with Gasteiger partial charge in [-0.25, -0.2) is 13.3 Å². The molecule has 1 aromatic carbocycles. The second-order valence-electron chi connectivity index (χ2n) is 4.99. The molecule has 0 aliphatic rings. The molecule has 0 aliphatic heterocycles. The lowest BCUT2D eigenvalue weighted by Crippen LogP contribution is -2.30. The maximum atomic E-state index is 4.70. The first kappa shape index (κ1) is 11.6. The van der Waals surface area contributed by atoms with Gasteiger partial charge in [-0.3, -0.25) is 0 Å². The lowest BCUT2D eigenvalue weighted by atomic mass is 10.0. The van der Waals surface area contributed by atoms with Crippen molar-refractivity contribution in [3.8, 4) is 11.3 Å². The summed E-state index contributed by atoms with van der Waals surface area (Å²) in [7, 11) is 2.08. The van der Waals surface area contributed by atoms with Gasteiger partial charge < -0.3 is 0 Å². The van der Waals surface area contributed by atoms with Gasteiger partial charge in [-0.15, -0.1) is 0 Å². The Morgan fingerprint density at radius 3 is 2.90 bits per heavy atom. The molecule has 4 heteroatoms. The highest BCUT2D eigenvalue weighted by atomic mass is 32.1. The molecule has 3 aromatic heterocycles. The van der Waals surface area contributed by atoms with Crippen LogP contribution in [0.2, 0.25) is 0 Å². The van der Waals surface area contributed by atoms with Crippen molar-refractivity contribution in [1.29, 1.82) is 0 Å². The largest absolute Gasteiger partial charge is 0.246 e. The molecule has 3 nitrogen and oxygen atoms in total. The third kappa shape index (κ3) is 1.51. The first-order valence-corrected chi connectivity index (χ1v) is 7.40. The van der Waals surface area contributed by atoms with E-state index in [1.807, 2.05) is 0 Å². The van der Waals surface area contributed by atoms with Gasteiger partial charge >= 0.3 is 0 Å². The number of pyridine rings is 1. The topological polar surface area (TPSA) is 21.2 Å². The Hall–Kier alpha value is -2.20. The SMILES string of the molecule is Cc1ccc2nc3ccsn3c2c1-c1cccc[n+]1C. The monoisotopic (exact) mass is 280 g/mol. The summed E-state index contributed by atoms with van der Waals surface area (Å²) in [5.74, 6) is 0. The average Bonchev–Trinajstić information content (AvgIpc) is 3.01. The Labute approximate surface area is 120 Å². The van der Waals surface area contributed by atoms with Crippen LogP contribution in [0.5, 0.6) is 0 Å². The molecule has 0 saturated carbocycles. The molecule has 0 amide bonds. The summed E-state index contributed by atoms with van der Waals surface area (Å²) in [5, 5.41) is 2.08. The van der Waals surface area contributed by atoms with Crippen molar-refractivity contribution in [2.24, 2.45) is 7.05 Å². The van der Waals surface area contributed by atoms with Gasteiger partial charge in [-0.1, -0.05) is 17.6 Å². The van der Waals surface area contributed by atoms with Crippen LogP contribution in [-0.4, -0.2) is 8.77 Å². The molecular weight excluding hydrogens is 266 g/mol. The minimum Gasteiger partial charge on any atom is -0.246 e. The highest BCUT2D eigenvalue weighted by molar-refractivity contribution is 7.05. The predicted molar refractivity (Wildman–Crippen MR) is 81.9 cm³/mol. The summed E-state index contributed by atoms with van der Waals surface area (Å²) >= 11 is 1.69. The van der Waals surface area contributed by atoms with Crippen LogP contribution >= 0.6 is 11.5 Å². The Balaban J connectivity index is 2.22. The molecule has 0 fully saturated rings. The van der Waals surface area contributed by atoms with Gasteiger partial charge in [0.25, 0.3) is 0 Å². The van der Waals surface area contributed by atoms with Crippen molar-refractivity contribution in [2.75, 3.05) is 0 Å². The molecule has 98 valence electrons. The van der Waals surface area contributed by atoms with Crippen LogP contribution in [-0.2, 0) is 7.05 Å². The fraction of sp³-hybridized carbons (Fsp3) is 0.125.